The zero-order chi connectivity index (χ0) is 14.1. The number of phenols is 1. The Labute approximate surface area is 117 Å². The highest BCUT2D eigenvalue weighted by molar-refractivity contribution is 6.31. The molecule has 0 atom stereocenters. The second kappa shape index (κ2) is 8.74. The predicted octanol–water partition coefficient (Wildman–Crippen LogP) is 1.83. The van der Waals surface area contributed by atoms with Crippen LogP contribution in [0.2, 0.25) is 5.02 Å². The van der Waals surface area contributed by atoms with Crippen molar-refractivity contribution in [3.8, 4) is 5.75 Å². The maximum absolute atomic E-state index is 11.8. The van der Waals surface area contributed by atoms with Gasteiger partial charge in [-0.1, -0.05) is 11.6 Å². The Morgan fingerprint density at radius 3 is 2.89 bits per heavy atom. The van der Waals surface area contributed by atoms with E-state index < -0.39 is 0 Å². The van der Waals surface area contributed by atoms with Crippen LogP contribution in [0.3, 0.4) is 0 Å². The van der Waals surface area contributed by atoms with Gasteiger partial charge >= 0.3 is 0 Å². The van der Waals surface area contributed by atoms with Crippen molar-refractivity contribution in [1.29, 1.82) is 0 Å². The molecule has 0 aliphatic heterocycles. The van der Waals surface area contributed by atoms with Crippen molar-refractivity contribution in [1.82, 2.24) is 5.32 Å². The molecule has 1 rings (SSSR count). The molecule has 6 heteroatoms. The van der Waals surface area contributed by atoms with Crippen LogP contribution in [0.4, 0.5) is 0 Å². The molecule has 0 aliphatic rings. The number of methoxy groups -OCH3 is 1. The molecule has 0 saturated heterocycles. The van der Waals surface area contributed by atoms with Crippen molar-refractivity contribution in [2.24, 2.45) is 0 Å². The largest absolute Gasteiger partial charge is 0.507 e. The lowest BCUT2D eigenvalue weighted by Crippen LogP contribution is -2.25. The molecule has 0 heterocycles. The fraction of sp³-hybridized carbons (Fsp3) is 0.462. The lowest BCUT2D eigenvalue weighted by Gasteiger charge is -2.07. The summed E-state index contributed by atoms with van der Waals surface area (Å²) in [5, 5.41) is 12.6. The molecule has 0 fully saturated rings. The van der Waals surface area contributed by atoms with Gasteiger partial charge in [0.25, 0.3) is 5.91 Å². The number of ether oxygens (including phenoxy) is 2. The Balaban J connectivity index is 2.26. The van der Waals surface area contributed by atoms with Crippen molar-refractivity contribution >= 4 is 17.5 Å². The topological polar surface area (TPSA) is 67.8 Å². The third-order valence-electron chi connectivity index (χ3n) is 2.39. The number of hydrogen-bond acceptors (Lipinski definition) is 4. The second-order valence-electron chi connectivity index (χ2n) is 3.88. The first-order chi connectivity index (χ1) is 9.15. The summed E-state index contributed by atoms with van der Waals surface area (Å²) in [5.41, 5.74) is 0.174. The number of rotatable bonds is 8. The summed E-state index contributed by atoms with van der Waals surface area (Å²) in [5.74, 6) is -0.435. The monoisotopic (exact) mass is 287 g/mol. The molecule has 0 bridgehead atoms. The van der Waals surface area contributed by atoms with Crippen molar-refractivity contribution in [2.75, 3.05) is 33.5 Å². The summed E-state index contributed by atoms with van der Waals surface area (Å²) < 4.78 is 10.1. The number of benzene rings is 1. The smallest absolute Gasteiger partial charge is 0.255 e. The number of phenolic OH excluding ortho intramolecular Hbond substituents is 1. The number of nitrogens with one attached hydrogen (secondary N) is 1. The summed E-state index contributed by atoms with van der Waals surface area (Å²) in [4.78, 5) is 11.8. The molecule has 1 aromatic carbocycles. The van der Waals surface area contributed by atoms with Gasteiger partial charge in [-0.3, -0.25) is 4.79 Å². The maximum Gasteiger partial charge on any atom is 0.255 e. The highest BCUT2D eigenvalue weighted by atomic mass is 35.5. The van der Waals surface area contributed by atoms with Crippen LogP contribution in [-0.4, -0.2) is 44.5 Å². The van der Waals surface area contributed by atoms with E-state index in [4.69, 9.17) is 21.1 Å². The number of aromatic hydroxyl groups is 1. The van der Waals surface area contributed by atoms with E-state index in [1.165, 1.54) is 18.2 Å². The van der Waals surface area contributed by atoms with E-state index in [0.29, 0.717) is 37.8 Å². The van der Waals surface area contributed by atoms with Crippen molar-refractivity contribution in [3.05, 3.63) is 28.8 Å². The van der Waals surface area contributed by atoms with Gasteiger partial charge in [0, 0.05) is 25.3 Å². The van der Waals surface area contributed by atoms with Gasteiger partial charge in [0.2, 0.25) is 0 Å². The molecule has 1 aromatic rings. The van der Waals surface area contributed by atoms with E-state index in [9.17, 15) is 9.90 Å². The van der Waals surface area contributed by atoms with Crippen LogP contribution in [0.15, 0.2) is 18.2 Å². The van der Waals surface area contributed by atoms with Crippen molar-refractivity contribution in [3.63, 3.8) is 0 Å². The summed E-state index contributed by atoms with van der Waals surface area (Å²) >= 11 is 5.77. The maximum atomic E-state index is 11.8. The van der Waals surface area contributed by atoms with Crippen molar-refractivity contribution < 1.29 is 19.4 Å². The molecule has 2 N–H and O–H groups in total. The van der Waals surface area contributed by atoms with Gasteiger partial charge in [-0.05, 0) is 24.6 Å². The van der Waals surface area contributed by atoms with E-state index >= 15 is 0 Å². The van der Waals surface area contributed by atoms with Crippen LogP contribution in [0, 0.1) is 0 Å². The molecule has 19 heavy (non-hydrogen) atoms. The molecule has 0 saturated carbocycles. The van der Waals surface area contributed by atoms with E-state index in [1.54, 1.807) is 7.11 Å². The van der Waals surface area contributed by atoms with Gasteiger partial charge in [0.15, 0.2) is 0 Å². The predicted molar refractivity (Wildman–Crippen MR) is 72.8 cm³/mol. The minimum absolute atomic E-state index is 0.0850. The van der Waals surface area contributed by atoms with E-state index in [1.807, 2.05) is 0 Å². The van der Waals surface area contributed by atoms with Gasteiger partial charge in [0.1, 0.15) is 5.75 Å². The Hall–Kier alpha value is -1.30. The molecular formula is C13H18ClNO4. The molecule has 5 nitrogen and oxygen atoms in total. The number of halogens is 1. The average molecular weight is 288 g/mol. The zero-order valence-corrected chi connectivity index (χ0v) is 11.6. The molecule has 0 radical (unpaired) electrons. The molecule has 1 amide bonds. The lowest BCUT2D eigenvalue weighted by atomic mass is 10.2. The second-order valence-corrected chi connectivity index (χ2v) is 4.31. The van der Waals surface area contributed by atoms with E-state index in [2.05, 4.69) is 5.32 Å². The summed E-state index contributed by atoms with van der Waals surface area (Å²) in [6.45, 7) is 2.12. The summed E-state index contributed by atoms with van der Waals surface area (Å²) in [7, 11) is 1.61. The van der Waals surface area contributed by atoms with Gasteiger partial charge < -0.3 is 19.9 Å². The van der Waals surface area contributed by atoms with Crippen LogP contribution in [-0.2, 0) is 9.47 Å². The molecule has 106 valence electrons. The number of amides is 1. The SMILES string of the molecule is COCCOCCCNC(=O)c1cc(Cl)ccc1O. The van der Waals surface area contributed by atoms with Gasteiger partial charge in [-0.15, -0.1) is 0 Å². The van der Waals surface area contributed by atoms with Gasteiger partial charge in [-0.2, -0.15) is 0 Å². The fourth-order valence-electron chi connectivity index (χ4n) is 1.41. The number of carbonyl (C=O) groups excluding carboxylic acids is 1. The fourth-order valence-corrected chi connectivity index (χ4v) is 1.58. The van der Waals surface area contributed by atoms with Crippen LogP contribution in [0.1, 0.15) is 16.8 Å². The molecule has 0 aromatic heterocycles. The normalized spacial score (nSPS) is 10.4. The van der Waals surface area contributed by atoms with E-state index in [0.717, 1.165) is 0 Å². The summed E-state index contributed by atoms with van der Waals surface area (Å²) in [6, 6.07) is 4.35. The van der Waals surface area contributed by atoms with Crippen LogP contribution in [0.25, 0.3) is 0 Å². The quantitative estimate of drug-likeness (QED) is 0.716. The zero-order valence-electron chi connectivity index (χ0n) is 10.8. The third-order valence-corrected chi connectivity index (χ3v) is 2.62. The van der Waals surface area contributed by atoms with Gasteiger partial charge in [0.05, 0.1) is 18.8 Å². The minimum Gasteiger partial charge on any atom is -0.507 e. The van der Waals surface area contributed by atoms with Gasteiger partial charge in [-0.25, -0.2) is 0 Å². The average Bonchev–Trinajstić information content (AvgIpc) is 2.40. The Morgan fingerprint density at radius 2 is 2.16 bits per heavy atom. The van der Waals surface area contributed by atoms with E-state index in [-0.39, 0.29) is 17.2 Å². The highest BCUT2D eigenvalue weighted by Crippen LogP contribution is 2.21. The molecule has 0 unspecified atom stereocenters. The first-order valence-electron chi connectivity index (χ1n) is 5.98. The van der Waals surface area contributed by atoms with Crippen LogP contribution < -0.4 is 5.32 Å². The summed E-state index contributed by atoms with van der Waals surface area (Å²) in [6.07, 6.45) is 0.691. The lowest BCUT2D eigenvalue weighted by molar-refractivity contribution is 0.0688. The van der Waals surface area contributed by atoms with Crippen LogP contribution in [0.5, 0.6) is 5.75 Å². The van der Waals surface area contributed by atoms with Crippen molar-refractivity contribution in [2.45, 2.75) is 6.42 Å². The highest BCUT2D eigenvalue weighted by Gasteiger charge is 2.10. The first kappa shape index (κ1) is 15.8. The molecule has 0 spiro atoms. The Kier molecular flexibility index (Phi) is 7.25. The minimum atomic E-state index is -0.350. The Bertz CT molecular complexity index is 412. The number of carbonyl (C=O) groups is 1. The first-order valence-corrected chi connectivity index (χ1v) is 6.36. The molecular weight excluding hydrogens is 270 g/mol. The van der Waals surface area contributed by atoms with Crippen LogP contribution >= 0.6 is 11.6 Å². The Morgan fingerprint density at radius 1 is 1.37 bits per heavy atom. The third kappa shape index (κ3) is 5.92. The molecule has 0 aliphatic carbocycles. The standard InChI is InChI=1S/C13H18ClNO4/c1-18-7-8-19-6-2-5-15-13(17)11-9-10(14)3-4-12(11)16/h3-4,9,16H,2,5-8H2,1H3,(H,15,17). The number of hydrogen-bond donors (Lipinski definition) is 2.